The second-order valence-corrected chi connectivity index (χ2v) is 3.47. The number of cyclic esters (lactones) is 1. The van der Waals surface area contributed by atoms with Gasteiger partial charge in [0.25, 0.3) is 0 Å². The number of carbonyl (C=O) groups is 2. The van der Waals surface area contributed by atoms with Gasteiger partial charge in [-0.25, -0.2) is 4.79 Å². The monoisotopic (exact) mass is 182 g/mol. The molecule has 1 atom stereocenters. The summed E-state index contributed by atoms with van der Waals surface area (Å²) in [4.78, 5) is 22.3. The Labute approximate surface area is 75.5 Å². The van der Waals surface area contributed by atoms with E-state index in [1.165, 1.54) is 0 Å². The van der Waals surface area contributed by atoms with Gasteiger partial charge in [-0.1, -0.05) is 12.2 Å². The van der Waals surface area contributed by atoms with Crippen LogP contribution in [0.2, 0.25) is 0 Å². The maximum atomic E-state index is 11.3. The van der Waals surface area contributed by atoms with Crippen molar-refractivity contribution < 1.29 is 19.1 Å². The van der Waals surface area contributed by atoms with E-state index in [2.05, 4.69) is 4.74 Å². The van der Waals surface area contributed by atoms with Crippen LogP contribution in [0.5, 0.6) is 0 Å². The molecule has 1 heterocycles. The number of esters is 2. The lowest BCUT2D eigenvalue weighted by atomic mass is 10.1. The first-order valence-corrected chi connectivity index (χ1v) is 4.20. The molecule has 13 heavy (non-hydrogen) atoms. The summed E-state index contributed by atoms with van der Waals surface area (Å²) in [6.07, 6.45) is 3.28. The molecule has 0 radical (unpaired) electrons. The SMILES string of the molecule is CC1(C(=O)OC2CCOC2=O)C=C1. The Morgan fingerprint density at radius 2 is 2.38 bits per heavy atom. The van der Waals surface area contributed by atoms with E-state index < -0.39 is 17.5 Å². The van der Waals surface area contributed by atoms with Crippen molar-refractivity contribution in [2.75, 3.05) is 6.61 Å². The third-order valence-corrected chi connectivity index (χ3v) is 2.24. The lowest BCUT2D eigenvalue weighted by molar-refractivity contribution is -0.163. The molecule has 2 aliphatic rings. The van der Waals surface area contributed by atoms with E-state index >= 15 is 0 Å². The molecular formula is C9H10O4. The minimum Gasteiger partial charge on any atom is -0.463 e. The zero-order chi connectivity index (χ0) is 9.47. The molecule has 4 nitrogen and oxygen atoms in total. The fourth-order valence-corrected chi connectivity index (χ4v) is 1.10. The van der Waals surface area contributed by atoms with E-state index in [0.717, 1.165) is 0 Å². The Morgan fingerprint density at radius 1 is 1.69 bits per heavy atom. The lowest BCUT2D eigenvalue weighted by Gasteiger charge is -2.12. The average molecular weight is 182 g/mol. The third-order valence-electron chi connectivity index (χ3n) is 2.24. The highest BCUT2D eigenvalue weighted by Gasteiger charge is 2.42. The minimum absolute atomic E-state index is 0.348. The molecule has 0 bridgehead atoms. The van der Waals surface area contributed by atoms with Gasteiger partial charge in [0, 0.05) is 6.42 Å². The molecule has 4 heteroatoms. The van der Waals surface area contributed by atoms with Crippen molar-refractivity contribution in [3.63, 3.8) is 0 Å². The van der Waals surface area contributed by atoms with E-state index in [9.17, 15) is 9.59 Å². The maximum Gasteiger partial charge on any atom is 0.347 e. The van der Waals surface area contributed by atoms with Crippen LogP contribution in [0.25, 0.3) is 0 Å². The highest BCUT2D eigenvalue weighted by molar-refractivity contribution is 5.88. The lowest BCUT2D eigenvalue weighted by Crippen LogP contribution is -2.27. The quantitative estimate of drug-likeness (QED) is 0.458. The summed E-state index contributed by atoms with van der Waals surface area (Å²) in [7, 11) is 0. The van der Waals surface area contributed by atoms with E-state index in [4.69, 9.17) is 4.74 Å². The fraction of sp³-hybridized carbons (Fsp3) is 0.556. The van der Waals surface area contributed by atoms with Crippen LogP contribution >= 0.6 is 0 Å². The Bertz CT molecular complexity index is 286. The molecule has 0 saturated carbocycles. The summed E-state index contributed by atoms with van der Waals surface area (Å²) in [5.41, 5.74) is -0.567. The Balaban J connectivity index is 1.90. The second kappa shape index (κ2) is 2.58. The molecule has 1 aliphatic heterocycles. The van der Waals surface area contributed by atoms with Crippen LogP contribution in [0.15, 0.2) is 12.2 Å². The van der Waals surface area contributed by atoms with Crippen molar-refractivity contribution in [3.05, 3.63) is 12.2 Å². The van der Waals surface area contributed by atoms with Gasteiger partial charge in [0.15, 0.2) is 0 Å². The third kappa shape index (κ3) is 1.43. The van der Waals surface area contributed by atoms with Crippen LogP contribution in [-0.4, -0.2) is 24.6 Å². The smallest absolute Gasteiger partial charge is 0.347 e. The first-order valence-electron chi connectivity index (χ1n) is 4.20. The fourth-order valence-electron chi connectivity index (χ4n) is 1.10. The van der Waals surface area contributed by atoms with Crippen molar-refractivity contribution in [3.8, 4) is 0 Å². The summed E-state index contributed by atoms with van der Waals surface area (Å²) in [6.45, 7) is 2.09. The molecule has 0 aromatic carbocycles. The van der Waals surface area contributed by atoms with Crippen LogP contribution in [0, 0.1) is 5.41 Å². The zero-order valence-electron chi connectivity index (χ0n) is 7.28. The largest absolute Gasteiger partial charge is 0.463 e. The predicted molar refractivity (Wildman–Crippen MR) is 42.7 cm³/mol. The molecule has 1 unspecified atom stereocenters. The van der Waals surface area contributed by atoms with Crippen molar-refractivity contribution in [2.24, 2.45) is 5.41 Å². The molecule has 1 saturated heterocycles. The van der Waals surface area contributed by atoms with Crippen LogP contribution in [0.3, 0.4) is 0 Å². The number of carbonyl (C=O) groups excluding carboxylic acids is 2. The molecule has 70 valence electrons. The van der Waals surface area contributed by atoms with E-state index in [1.54, 1.807) is 19.1 Å². The topological polar surface area (TPSA) is 52.6 Å². The van der Waals surface area contributed by atoms with Crippen molar-refractivity contribution in [2.45, 2.75) is 19.4 Å². The van der Waals surface area contributed by atoms with Gasteiger partial charge in [-0.15, -0.1) is 0 Å². The normalized spacial score (nSPS) is 28.4. The average Bonchev–Trinajstić information content (AvgIpc) is 2.72. The van der Waals surface area contributed by atoms with Gasteiger partial charge in [0.05, 0.1) is 6.61 Å². The van der Waals surface area contributed by atoms with Crippen molar-refractivity contribution in [1.82, 2.24) is 0 Å². The molecule has 2 rings (SSSR count). The Morgan fingerprint density at radius 3 is 2.85 bits per heavy atom. The molecule has 1 fully saturated rings. The van der Waals surface area contributed by atoms with Gasteiger partial charge in [0.2, 0.25) is 6.10 Å². The molecule has 0 spiro atoms. The Kier molecular flexibility index (Phi) is 1.65. The van der Waals surface area contributed by atoms with Crippen molar-refractivity contribution >= 4 is 11.9 Å². The summed E-state index contributed by atoms with van der Waals surface area (Å²) >= 11 is 0. The van der Waals surface area contributed by atoms with E-state index in [0.29, 0.717) is 13.0 Å². The van der Waals surface area contributed by atoms with Gasteiger partial charge in [0.1, 0.15) is 5.41 Å². The van der Waals surface area contributed by atoms with Crippen LogP contribution in [0.1, 0.15) is 13.3 Å². The maximum absolute atomic E-state index is 11.3. The Hall–Kier alpha value is -1.32. The number of rotatable bonds is 2. The van der Waals surface area contributed by atoms with Gasteiger partial charge >= 0.3 is 11.9 Å². The first kappa shape index (κ1) is 8.29. The minimum atomic E-state index is -0.688. The summed E-state index contributed by atoms with van der Waals surface area (Å²) in [6, 6.07) is 0. The number of hydrogen-bond acceptors (Lipinski definition) is 4. The van der Waals surface area contributed by atoms with Crippen molar-refractivity contribution in [1.29, 1.82) is 0 Å². The van der Waals surface area contributed by atoms with Gasteiger partial charge in [-0.3, -0.25) is 4.79 Å². The van der Waals surface area contributed by atoms with Crippen LogP contribution in [-0.2, 0) is 19.1 Å². The molecule has 0 aromatic rings. The molecule has 1 aliphatic carbocycles. The highest BCUT2D eigenvalue weighted by atomic mass is 16.6. The standard InChI is InChI=1S/C9H10O4/c1-9(3-4-9)8(11)13-6-2-5-12-7(6)10/h3-4,6H,2,5H2,1H3. The molecule has 0 amide bonds. The number of hydrogen-bond donors (Lipinski definition) is 0. The van der Waals surface area contributed by atoms with E-state index in [1.807, 2.05) is 0 Å². The van der Waals surface area contributed by atoms with Crippen LogP contribution < -0.4 is 0 Å². The highest BCUT2D eigenvalue weighted by Crippen LogP contribution is 2.35. The second-order valence-electron chi connectivity index (χ2n) is 3.47. The van der Waals surface area contributed by atoms with Gasteiger partial charge in [-0.2, -0.15) is 0 Å². The predicted octanol–water partition coefficient (Wildman–Crippen LogP) is 0.421. The summed E-state index contributed by atoms with van der Waals surface area (Å²) < 4.78 is 9.64. The zero-order valence-corrected chi connectivity index (χ0v) is 7.28. The summed E-state index contributed by atoms with van der Waals surface area (Å²) in [5.74, 6) is -0.797. The summed E-state index contributed by atoms with van der Waals surface area (Å²) in [5, 5.41) is 0. The number of ether oxygens (including phenoxy) is 2. The van der Waals surface area contributed by atoms with Gasteiger partial charge < -0.3 is 9.47 Å². The molecule has 0 N–H and O–H groups in total. The van der Waals surface area contributed by atoms with Gasteiger partial charge in [-0.05, 0) is 6.92 Å². The first-order chi connectivity index (χ1) is 6.12. The van der Waals surface area contributed by atoms with Crippen LogP contribution in [0.4, 0.5) is 0 Å². The molecule has 0 aromatic heterocycles. The molecular weight excluding hydrogens is 172 g/mol. The van der Waals surface area contributed by atoms with E-state index in [-0.39, 0.29) is 5.97 Å².